The summed E-state index contributed by atoms with van der Waals surface area (Å²) in [5, 5.41) is 3.15. The second-order valence-corrected chi connectivity index (χ2v) is 5.40. The van der Waals surface area contributed by atoms with E-state index in [0.717, 1.165) is 44.1 Å². The molecule has 0 saturated carbocycles. The van der Waals surface area contributed by atoms with Crippen LogP contribution in [0.3, 0.4) is 0 Å². The van der Waals surface area contributed by atoms with Gasteiger partial charge in [0.1, 0.15) is 17.6 Å². The highest BCUT2D eigenvalue weighted by molar-refractivity contribution is 6.10. The third-order valence-electron chi connectivity index (χ3n) is 4.08. The number of hydrogen-bond acceptors (Lipinski definition) is 4. The Morgan fingerprint density at radius 2 is 1.78 bits per heavy atom. The van der Waals surface area contributed by atoms with E-state index in [1.807, 2.05) is 54.9 Å². The van der Waals surface area contributed by atoms with Crippen molar-refractivity contribution in [3.05, 3.63) is 67.3 Å². The molecule has 23 heavy (non-hydrogen) atoms. The Bertz CT molecular complexity index is 1170. The van der Waals surface area contributed by atoms with Crippen LogP contribution in [-0.4, -0.2) is 15.0 Å². The number of furan rings is 1. The Hall–Kier alpha value is -3.27. The smallest absolute Gasteiger partial charge is 0.161 e. The predicted molar refractivity (Wildman–Crippen MR) is 90.0 cm³/mol. The van der Waals surface area contributed by atoms with Gasteiger partial charge in [0.25, 0.3) is 0 Å². The average Bonchev–Trinajstić information content (AvgIpc) is 3.00. The van der Waals surface area contributed by atoms with Gasteiger partial charge in [0.05, 0.1) is 5.52 Å². The lowest BCUT2D eigenvalue weighted by Crippen LogP contribution is -1.89. The number of aromatic nitrogens is 3. The highest BCUT2D eigenvalue weighted by atomic mass is 16.3. The van der Waals surface area contributed by atoms with Crippen molar-refractivity contribution in [1.29, 1.82) is 0 Å². The molecule has 0 aliphatic carbocycles. The van der Waals surface area contributed by atoms with E-state index in [0.29, 0.717) is 0 Å². The molecule has 0 atom stereocenters. The van der Waals surface area contributed by atoms with Crippen LogP contribution in [0.15, 0.2) is 71.7 Å². The number of pyridine rings is 1. The summed E-state index contributed by atoms with van der Waals surface area (Å²) in [7, 11) is 0. The molecule has 4 nitrogen and oxygen atoms in total. The molecule has 0 radical (unpaired) electrons. The van der Waals surface area contributed by atoms with Crippen LogP contribution in [-0.2, 0) is 0 Å². The van der Waals surface area contributed by atoms with Gasteiger partial charge in [-0.3, -0.25) is 4.98 Å². The molecule has 0 aliphatic rings. The molecule has 0 aliphatic heterocycles. The normalized spacial score (nSPS) is 11.5. The SMILES string of the molecule is c1cc(-c2nccc3c2oc2ccccc23)c2ncncc2c1. The van der Waals surface area contributed by atoms with Crippen LogP contribution in [0.1, 0.15) is 0 Å². The van der Waals surface area contributed by atoms with Crippen LogP contribution in [0.4, 0.5) is 0 Å². The van der Waals surface area contributed by atoms with Gasteiger partial charge >= 0.3 is 0 Å². The van der Waals surface area contributed by atoms with Crippen molar-refractivity contribution < 1.29 is 4.42 Å². The van der Waals surface area contributed by atoms with Crippen molar-refractivity contribution in [3.8, 4) is 11.3 Å². The largest absolute Gasteiger partial charge is 0.454 e. The van der Waals surface area contributed by atoms with Crippen LogP contribution >= 0.6 is 0 Å². The van der Waals surface area contributed by atoms with Gasteiger partial charge < -0.3 is 4.42 Å². The quantitative estimate of drug-likeness (QED) is 0.454. The first kappa shape index (κ1) is 12.3. The van der Waals surface area contributed by atoms with Gasteiger partial charge in [0.15, 0.2) is 5.58 Å². The lowest BCUT2D eigenvalue weighted by atomic mass is 10.1. The van der Waals surface area contributed by atoms with E-state index in [1.54, 1.807) is 6.33 Å². The van der Waals surface area contributed by atoms with Gasteiger partial charge in [0.2, 0.25) is 0 Å². The third-order valence-corrected chi connectivity index (χ3v) is 4.08. The monoisotopic (exact) mass is 297 g/mol. The molecular formula is C19H11N3O. The number of para-hydroxylation sites is 2. The number of rotatable bonds is 1. The maximum Gasteiger partial charge on any atom is 0.161 e. The Morgan fingerprint density at radius 1 is 0.826 bits per heavy atom. The molecular weight excluding hydrogens is 286 g/mol. The number of nitrogens with zero attached hydrogens (tertiary/aromatic N) is 3. The van der Waals surface area contributed by atoms with Crippen LogP contribution in [0.5, 0.6) is 0 Å². The molecule has 0 spiro atoms. The molecule has 4 heteroatoms. The van der Waals surface area contributed by atoms with E-state index >= 15 is 0 Å². The van der Waals surface area contributed by atoms with Crippen molar-refractivity contribution in [2.24, 2.45) is 0 Å². The fraction of sp³-hybridized carbons (Fsp3) is 0. The summed E-state index contributed by atoms with van der Waals surface area (Å²) < 4.78 is 6.08. The summed E-state index contributed by atoms with van der Waals surface area (Å²) in [6.07, 6.45) is 5.19. The number of benzene rings is 2. The van der Waals surface area contributed by atoms with E-state index in [2.05, 4.69) is 21.0 Å². The molecule has 0 bridgehead atoms. The predicted octanol–water partition coefficient (Wildman–Crippen LogP) is 4.59. The van der Waals surface area contributed by atoms with Crippen LogP contribution in [0.25, 0.3) is 44.1 Å². The first-order chi connectivity index (χ1) is 11.4. The molecule has 2 aromatic carbocycles. The topological polar surface area (TPSA) is 51.8 Å². The van der Waals surface area contributed by atoms with Gasteiger partial charge in [-0.05, 0) is 12.1 Å². The Labute approximate surface area is 131 Å². The number of hydrogen-bond donors (Lipinski definition) is 0. The van der Waals surface area contributed by atoms with E-state index in [9.17, 15) is 0 Å². The average molecular weight is 297 g/mol. The van der Waals surface area contributed by atoms with E-state index in [1.165, 1.54) is 0 Å². The third kappa shape index (κ3) is 1.75. The van der Waals surface area contributed by atoms with Crippen LogP contribution < -0.4 is 0 Å². The molecule has 5 rings (SSSR count). The van der Waals surface area contributed by atoms with E-state index < -0.39 is 0 Å². The van der Waals surface area contributed by atoms with Gasteiger partial charge in [-0.1, -0.05) is 36.4 Å². The molecule has 3 aromatic heterocycles. The minimum absolute atomic E-state index is 0.791. The molecule has 0 amide bonds. The molecule has 0 fully saturated rings. The van der Waals surface area contributed by atoms with Crippen LogP contribution in [0, 0.1) is 0 Å². The zero-order chi connectivity index (χ0) is 15.2. The highest BCUT2D eigenvalue weighted by Gasteiger charge is 2.15. The van der Waals surface area contributed by atoms with Gasteiger partial charge in [-0.25, -0.2) is 9.97 Å². The first-order valence-electron chi connectivity index (χ1n) is 7.37. The standard InChI is InChI=1S/C19H11N3O/c1-2-7-16-13(5-1)14-8-9-21-18(19(14)23-16)15-6-3-4-12-10-20-11-22-17(12)15/h1-11H. The van der Waals surface area contributed by atoms with Crippen molar-refractivity contribution >= 4 is 32.8 Å². The summed E-state index contributed by atoms with van der Waals surface area (Å²) in [4.78, 5) is 13.1. The molecule has 5 aromatic rings. The molecule has 108 valence electrons. The summed E-state index contributed by atoms with van der Waals surface area (Å²) in [6, 6.07) is 16.0. The van der Waals surface area contributed by atoms with E-state index in [4.69, 9.17) is 4.42 Å². The zero-order valence-corrected chi connectivity index (χ0v) is 12.1. The van der Waals surface area contributed by atoms with Gasteiger partial charge in [-0.15, -0.1) is 0 Å². The summed E-state index contributed by atoms with van der Waals surface area (Å²) in [6.45, 7) is 0. The first-order valence-corrected chi connectivity index (χ1v) is 7.37. The van der Waals surface area contributed by atoms with Crippen molar-refractivity contribution in [2.45, 2.75) is 0 Å². The minimum atomic E-state index is 0.791. The molecule has 0 unspecified atom stereocenters. The summed E-state index contributed by atoms with van der Waals surface area (Å²) >= 11 is 0. The Morgan fingerprint density at radius 3 is 2.78 bits per heavy atom. The van der Waals surface area contributed by atoms with Crippen molar-refractivity contribution in [1.82, 2.24) is 15.0 Å². The Kier molecular flexibility index (Phi) is 2.46. The second-order valence-electron chi connectivity index (χ2n) is 5.40. The molecule has 0 saturated heterocycles. The molecule has 0 N–H and O–H groups in total. The van der Waals surface area contributed by atoms with Gasteiger partial charge in [-0.2, -0.15) is 0 Å². The Balaban J connectivity index is 1.93. The fourth-order valence-electron chi connectivity index (χ4n) is 3.05. The summed E-state index contributed by atoms with van der Waals surface area (Å²) in [5.41, 5.74) is 4.30. The van der Waals surface area contributed by atoms with E-state index in [-0.39, 0.29) is 0 Å². The maximum absolute atomic E-state index is 6.08. The maximum atomic E-state index is 6.08. The van der Waals surface area contributed by atoms with Crippen molar-refractivity contribution in [3.63, 3.8) is 0 Å². The summed E-state index contributed by atoms with van der Waals surface area (Å²) in [5.74, 6) is 0. The fourth-order valence-corrected chi connectivity index (χ4v) is 3.05. The zero-order valence-electron chi connectivity index (χ0n) is 12.1. The number of fused-ring (bicyclic) bond motifs is 4. The lowest BCUT2D eigenvalue weighted by molar-refractivity contribution is 0.668. The lowest BCUT2D eigenvalue weighted by Gasteiger charge is -2.05. The van der Waals surface area contributed by atoms with Crippen molar-refractivity contribution in [2.75, 3.05) is 0 Å². The van der Waals surface area contributed by atoms with Gasteiger partial charge in [0, 0.05) is 34.1 Å². The van der Waals surface area contributed by atoms with Crippen LogP contribution in [0.2, 0.25) is 0 Å². The second kappa shape index (κ2) is 4.61. The molecule has 3 heterocycles. The minimum Gasteiger partial charge on any atom is -0.454 e. The highest BCUT2D eigenvalue weighted by Crippen LogP contribution is 2.35.